The third kappa shape index (κ3) is 2.18. The minimum absolute atomic E-state index is 0.0512. The smallest absolute Gasteiger partial charge is 0.224 e. The van der Waals surface area contributed by atoms with Crippen LogP contribution in [0.3, 0.4) is 0 Å². The fourth-order valence-corrected chi connectivity index (χ4v) is 1.77. The Morgan fingerprint density at radius 1 is 1.62 bits per heavy atom. The summed E-state index contributed by atoms with van der Waals surface area (Å²) in [5, 5.41) is 18.9. The van der Waals surface area contributed by atoms with Crippen molar-refractivity contribution in [3.63, 3.8) is 0 Å². The molecule has 1 atom stereocenters. The molecule has 1 aliphatic heterocycles. The lowest BCUT2D eigenvalue weighted by atomic mass is 10.2. The van der Waals surface area contributed by atoms with Crippen molar-refractivity contribution in [2.75, 3.05) is 31.3 Å². The van der Waals surface area contributed by atoms with Crippen molar-refractivity contribution in [2.45, 2.75) is 6.04 Å². The van der Waals surface area contributed by atoms with Crippen LogP contribution in [0.5, 0.6) is 5.75 Å². The number of morpholine rings is 1. The molecule has 2 heterocycles. The van der Waals surface area contributed by atoms with Gasteiger partial charge in [0.05, 0.1) is 32.1 Å². The Kier molecular flexibility index (Phi) is 3.42. The zero-order valence-electron chi connectivity index (χ0n) is 8.51. The van der Waals surface area contributed by atoms with E-state index in [1.165, 1.54) is 6.20 Å². The van der Waals surface area contributed by atoms with Crippen LogP contribution in [-0.4, -0.2) is 52.6 Å². The fourth-order valence-electron chi connectivity index (χ4n) is 1.64. The van der Waals surface area contributed by atoms with E-state index in [0.717, 1.165) is 0 Å². The van der Waals surface area contributed by atoms with Crippen molar-refractivity contribution in [1.29, 1.82) is 0 Å². The largest absolute Gasteiger partial charge is 0.503 e. The first kappa shape index (κ1) is 11.4. The number of aromatic hydroxyl groups is 1. The van der Waals surface area contributed by atoms with Crippen molar-refractivity contribution >= 4 is 17.4 Å². The van der Waals surface area contributed by atoms with Gasteiger partial charge in [0.25, 0.3) is 0 Å². The molecule has 0 amide bonds. The first-order valence-electron chi connectivity index (χ1n) is 4.89. The molecule has 2 N–H and O–H groups in total. The average Bonchev–Trinajstić information content (AvgIpc) is 2.32. The molecular weight excluding hydrogens is 234 g/mol. The van der Waals surface area contributed by atoms with Gasteiger partial charge < -0.3 is 19.8 Å². The summed E-state index contributed by atoms with van der Waals surface area (Å²) in [5.41, 5.74) is 0. The lowest BCUT2D eigenvalue weighted by Crippen LogP contribution is -2.48. The zero-order chi connectivity index (χ0) is 11.5. The molecule has 6 nitrogen and oxygen atoms in total. The van der Waals surface area contributed by atoms with E-state index < -0.39 is 0 Å². The number of aromatic nitrogens is 2. The Labute approximate surface area is 97.5 Å². The number of nitrogens with zero attached hydrogens (tertiary/aromatic N) is 3. The molecule has 1 saturated heterocycles. The fraction of sp³-hybridized carbons (Fsp3) is 0.556. The highest BCUT2D eigenvalue weighted by Gasteiger charge is 2.26. The first-order valence-corrected chi connectivity index (χ1v) is 5.27. The Morgan fingerprint density at radius 3 is 3.19 bits per heavy atom. The quantitative estimate of drug-likeness (QED) is 0.716. The van der Waals surface area contributed by atoms with Gasteiger partial charge in [-0.1, -0.05) is 0 Å². The summed E-state index contributed by atoms with van der Waals surface area (Å²) < 4.78 is 5.24. The van der Waals surface area contributed by atoms with Gasteiger partial charge in [0.2, 0.25) is 5.28 Å². The van der Waals surface area contributed by atoms with Crippen molar-refractivity contribution < 1.29 is 14.9 Å². The maximum absolute atomic E-state index is 9.65. The number of halogens is 1. The Hall–Kier alpha value is -1.11. The summed E-state index contributed by atoms with van der Waals surface area (Å²) in [6.07, 6.45) is 1.24. The van der Waals surface area contributed by atoms with Crippen molar-refractivity contribution in [1.82, 2.24) is 9.97 Å². The number of aliphatic hydroxyl groups excluding tert-OH is 1. The molecule has 1 aliphatic rings. The van der Waals surface area contributed by atoms with Crippen LogP contribution in [0.25, 0.3) is 0 Å². The molecule has 0 bridgehead atoms. The maximum Gasteiger partial charge on any atom is 0.224 e. The molecule has 88 valence electrons. The van der Waals surface area contributed by atoms with E-state index in [0.29, 0.717) is 25.6 Å². The third-order valence-corrected chi connectivity index (χ3v) is 2.61. The normalized spacial score (nSPS) is 21.1. The summed E-state index contributed by atoms with van der Waals surface area (Å²) in [6.45, 7) is 1.41. The summed E-state index contributed by atoms with van der Waals surface area (Å²) in [4.78, 5) is 9.40. The lowest BCUT2D eigenvalue weighted by Gasteiger charge is -2.35. The van der Waals surface area contributed by atoms with E-state index in [1.807, 2.05) is 0 Å². The second-order valence-corrected chi connectivity index (χ2v) is 3.79. The van der Waals surface area contributed by atoms with E-state index in [4.69, 9.17) is 16.3 Å². The predicted octanol–water partition coefficient (Wildman–Crippen LogP) is 0.0331. The molecule has 1 aromatic rings. The van der Waals surface area contributed by atoms with E-state index in [2.05, 4.69) is 9.97 Å². The van der Waals surface area contributed by atoms with Gasteiger partial charge in [0.1, 0.15) is 0 Å². The second-order valence-electron chi connectivity index (χ2n) is 3.45. The Morgan fingerprint density at radius 2 is 2.44 bits per heavy atom. The highest BCUT2D eigenvalue weighted by molar-refractivity contribution is 6.28. The SMILES string of the molecule is OC[C@H]1COCCN1c1nc(Cl)ncc1O. The van der Waals surface area contributed by atoms with E-state index in [1.54, 1.807) is 4.90 Å². The van der Waals surface area contributed by atoms with Gasteiger partial charge in [0.15, 0.2) is 11.6 Å². The Bertz CT molecular complexity index is 377. The molecular formula is C9H12ClN3O3. The minimum Gasteiger partial charge on any atom is -0.503 e. The van der Waals surface area contributed by atoms with Crippen LogP contribution in [0.15, 0.2) is 6.20 Å². The summed E-state index contributed by atoms with van der Waals surface area (Å²) in [7, 11) is 0. The monoisotopic (exact) mass is 245 g/mol. The van der Waals surface area contributed by atoms with E-state index in [9.17, 15) is 10.2 Å². The van der Waals surface area contributed by atoms with Gasteiger partial charge in [-0.05, 0) is 11.6 Å². The predicted molar refractivity (Wildman–Crippen MR) is 57.7 cm³/mol. The minimum atomic E-state index is -0.217. The summed E-state index contributed by atoms with van der Waals surface area (Å²) in [5.74, 6) is 0.284. The number of hydrogen-bond acceptors (Lipinski definition) is 6. The highest BCUT2D eigenvalue weighted by atomic mass is 35.5. The average molecular weight is 246 g/mol. The van der Waals surface area contributed by atoms with Gasteiger partial charge in [-0.15, -0.1) is 0 Å². The van der Waals surface area contributed by atoms with Crippen LogP contribution in [0.1, 0.15) is 0 Å². The van der Waals surface area contributed by atoms with Crippen LogP contribution in [0.2, 0.25) is 5.28 Å². The number of hydrogen-bond donors (Lipinski definition) is 2. The lowest BCUT2D eigenvalue weighted by molar-refractivity contribution is 0.0720. The van der Waals surface area contributed by atoms with Crippen LogP contribution >= 0.6 is 11.6 Å². The molecule has 0 spiro atoms. The first-order chi connectivity index (χ1) is 7.72. The van der Waals surface area contributed by atoms with E-state index >= 15 is 0 Å². The van der Waals surface area contributed by atoms with Gasteiger partial charge in [-0.2, -0.15) is 4.98 Å². The van der Waals surface area contributed by atoms with Crippen molar-refractivity contribution in [3.8, 4) is 5.75 Å². The molecule has 1 aromatic heterocycles. The zero-order valence-corrected chi connectivity index (χ0v) is 9.26. The molecule has 2 rings (SSSR count). The van der Waals surface area contributed by atoms with Crippen molar-refractivity contribution in [3.05, 3.63) is 11.5 Å². The molecule has 0 saturated carbocycles. The summed E-state index contributed by atoms with van der Waals surface area (Å²) >= 11 is 5.67. The second kappa shape index (κ2) is 4.82. The molecule has 0 aromatic carbocycles. The number of anilines is 1. The molecule has 7 heteroatoms. The molecule has 0 radical (unpaired) electrons. The molecule has 0 unspecified atom stereocenters. The van der Waals surface area contributed by atoms with Gasteiger partial charge in [-0.25, -0.2) is 4.98 Å². The van der Waals surface area contributed by atoms with Crippen LogP contribution in [0.4, 0.5) is 5.82 Å². The van der Waals surface area contributed by atoms with Gasteiger partial charge in [-0.3, -0.25) is 0 Å². The van der Waals surface area contributed by atoms with Crippen LogP contribution in [-0.2, 0) is 4.74 Å². The molecule has 16 heavy (non-hydrogen) atoms. The third-order valence-electron chi connectivity index (χ3n) is 2.43. The number of aliphatic hydroxyl groups is 1. The van der Waals surface area contributed by atoms with E-state index in [-0.39, 0.29) is 23.7 Å². The standard InChI is InChI=1S/C9H12ClN3O3/c10-9-11-3-7(15)8(12-9)13-1-2-16-5-6(13)4-14/h3,6,14-15H,1-2,4-5H2/t6-/m0/s1. The van der Waals surface area contributed by atoms with Gasteiger partial charge in [0, 0.05) is 6.54 Å². The molecule has 0 aliphatic carbocycles. The van der Waals surface area contributed by atoms with Crippen LogP contribution < -0.4 is 4.90 Å². The van der Waals surface area contributed by atoms with Gasteiger partial charge >= 0.3 is 0 Å². The maximum atomic E-state index is 9.65. The number of rotatable bonds is 2. The topological polar surface area (TPSA) is 78.7 Å². The highest BCUT2D eigenvalue weighted by Crippen LogP contribution is 2.27. The molecule has 1 fully saturated rings. The number of ether oxygens (including phenoxy) is 1. The summed E-state index contributed by atoms with van der Waals surface area (Å²) in [6, 6.07) is -0.217. The Balaban J connectivity index is 2.30. The van der Waals surface area contributed by atoms with Crippen LogP contribution in [0, 0.1) is 0 Å². The van der Waals surface area contributed by atoms with Crippen molar-refractivity contribution in [2.24, 2.45) is 0 Å².